The van der Waals surface area contributed by atoms with Crippen LogP contribution in [0, 0.1) is 0 Å². The van der Waals surface area contributed by atoms with Crippen molar-refractivity contribution in [3.05, 3.63) is 0 Å². The van der Waals surface area contributed by atoms with Crippen molar-refractivity contribution < 1.29 is 48.8 Å². The molecule has 240 valence electrons. The molecule has 0 heterocycles. The van der Waals surface area contributed by atoms with Crippen molar-refractivity contribution in [2.75, 3.05) is 87.8 Å². The largest absolute Gasteiger partial charge is 0.438 e. The zero-order valence-electron chi connectivity index (χ0n) is 22.1. The lowest BCUT2D eigenvalue weighted by Gasteiger charge is -2.06. The fourth-order valence-corrected chi connectivity index (χ4v) is 6.79. The number of carbonyl (C=O) groups is 2. The lowest BCUT2D eigenvalue weighted by atomic mass is 10.7. The van der Waals surface area contributed by atoms with E-state index in [1.54, 1.807) is 35.3 Å². The molecule has 0 unspecified atom stereocenters. The number of aliphatic hydroxyl groups is 2. The Bertz CT molecular complexity index is 665. The van der Waals surface area contributed by atoms with E-state index in [0.29, 0.717) is 35.7 Å². The third-order valence-electron chi connectivity index (χ3n) is 3.24. The topological polar surface area (TPSA) is 179 Å². The first-order valence-corrected chi connectivity index (χ1v) is 20.5. The maximum Gasteiger partial charge on any atom is 0.418 e. The maximum absolute atomic E-state index is 11.6. The van der Waals surface area contributed by atoms with Gasteiger partial charge in [-0.15, -0.1) is 70.6 Å². The van der Waals surface area contributed by atoms with Gasteiger partial charge in [-0.05, 0) is 11.9 Å². The molecule has 0 aromatic heterocycles. The summed E-state index contributed by atoms with van der Waals surface area (Å²) in [7, 11) is 0. The molecule has 2 amide bonds. The number of aliphatic imine (C=N–C) groups is 2. The van der Waals surface area contributed by atoms with Crippen molar-refractivity contribution in [2.24, 2.45) is 9.98 Å². The number of hydrogen-bond donors (Lipinski definition) is 4. The molecule has 0 radical (unpaired) electrons. The highest BCUT2D eigenvalue weighted by Gasteiger charge is 2.02. The minimum Gasteiger partial charge on any atom is -0.438 e. The van der Waals surface area contributed by atoms with E-state index < -0.39 is 12.2 Å². The van der Waals surface area contributed by atoms with E-state index >= 15 is 0 Å². The zero-order valence-corrected chi connectivity index (χ0v) is 28.6. The average molecular weight is 737 g/mol. The van der Waals surface area contributed by atoms with Crippen LogP contribution in [0.1, 0.15) is 0 Å². The second-order valence-corrected chi connectivity index (χ2v) is 15.0. The molecule has 0 fully saturated rings. The number of alkyl carbamates (subject to hydrolysis) is 1. The predicted octanol–water partition coefficient (Wildman–Crippen LogP) is 3.77. The Morgan fingerprint density at radius 3 is 1.90 bits per heavy atom. The van der Waals surface area contributed by atoms with Crippen molar-refractivity contribution in [1.82, 2.24) is 10.0 Å². The second kappa shape index (κ2) is 36.3. The zero-order chi connectivity index (χ0) is 29.9. The van der Waals surface area contributed by atoms with E-state index in [4.69, 9.17) is 34.3 Å². The molecule has 0 atom stereocenters. The number of amides is 2. The minimum atomic E-state index is -0.492. The van der Waals surface area contributed by atoms with Crippen LogP contribution in [0.3, 0.4) is 0 Å². The van der Waals surface area contributed by atoms with Crippen molar-refractivity contribution in [3.8, 4) is 0 Å². The molecule has 41 heavy (non-hydrogen) atoms. The van der Waals surface area contributed by atoms with Gasteiger partial charge in [0.05, 0.1) is 30.1 Å². The highest BCUT2D eigenvalue weighted by atomic mass is 32.2. The van der Waals surface area contributed by atoms with Crippen LogP contribution in [0.15, 0.2) is 9.98 Å². The number of carbonyl (C=O) groups excluding carboxylic acids is 2. The van der Waals surface area contributed by atoms with Crippen molar-refractivity contribution in [1.29, 1.82) is 0 Å². The summed E-state index contributed by atoms with van der Waals surface area (Å²) in [6.07, 6.45) is 1.51. The van der Waals surface area contributed by atoms with Crippen LogP contribution in [-0.2, 0) is 29.0 Å². The van der Waals surface area contributed by atoms with E-state index in [2.05, 4.69) is 24.9 Å². The molecule has 14 nitrogen and oxygen atoms in total. The summed E-state index contributed by atoms with van der Waals surface area (Å²) >= 11 is 11.5. The predicted molar refractivity (Wildman–Crippen MR) is 179 cm³/mol. The van der Waals surface area contributed by atoms with Gasteiger partial charge in [-0.25, -0.2) is 9.59 Å². The third-order valence-corrected chi connectivity index (χ3v) is 10.3. The third kappa shape index (κ3) is 36.2. The second-order valence-electron chi connectivity index (χ2n) is 6.11. The molecule has 0 aliphatic carbocycles. The van der Waals surface area contributed by atoms with Gasteiger partial charge in [0.15, 0.2) is 0 Å². The van der Waals surface area contributed by atoms with Crippen LogP contribution in [0.5, 0.6) is 0 Å². The van der Waals surface area contributed by atoms with Gasteiger partial charge in [-0.1, -0.05) is 11.8 Å². The van der Waals surface area contributed by atoms with Gasteiger partial charge in [-0.3, -0.25) is 14.7 Å². The summed E-state index contributed by atoms with van der Waals surface area (Å²) < 4.78 is 12.5. The van der Waals surface area contributed by atoms with Crippen LogP contribution < -0.4 is 10.0 Å². The molecule has 0 bridgehead atoms. The van der Waals surface area contributed by atoms with Crippen molar-refractivity contribution >= 4 is 119 Å². The molecule has 0 aliphatic rings. The SMILES string of the molecule is O=C(NCCSCSCCN=COOCSCSCOC(=O)NSCSCCN=COOCSCO)OCSCO. The number of aliphatic hydroxyl groups excluding tert-OH is 2. The normalized spacial score (nSPS) is 11.2. The average Bonchev–Trinajstić information content (AvgIpc) is 2.97. The maximum atomic E-state index is 11.6. The number of nitrogens with one attached hydrogen (secondary N) is 2. The molecule has 0 rings (SSSR count). The summed E-state index contributed by atoms with van der Waals surface area (Å²) in [6.45, 7) is 1.68. The lowest BCUT2D eigenvalue weighted by Crippen LogP contribution is -2.26. The Morgan fingerprint density at radius 1 is 0.659 bits per heavy atom. The summed E-state index contributed by atoms with van der Waals surface area (Å²) in [5.41, 5.74) is 0. The summed E-state index contributed by atoms with van der Waals surface area (Å²) in [6, 6.07) is 0. The van der Waals surface area contributed by atoms with Crippen molar-refractivity contribution in [3.63, 3.8) is 0 Å². The molecule has 0 aromatic rings. The quantitative estimate of drug-likeness (QED) is 0.0159. The number of thioether (sulfide) groups is 7. The van der Waals surface area contributed by atoms with Crippen LogP contribution in [0.2, 0.25) is 0 Å². The Hall–Kier alpha value is 0.120. The molecule has 0 spiro atoms. The summed E-state index contributed by atoms with van der Waals surface area (Å²) in [5, 5.41) is 22.0. The van der Waals surface area contributed by atoms with Gasteiger partial charge < -0.3 is 34.8 Å². The first kappa shape index (κ1) is 41.1. The van der Waals surface area contributed by atoms with Crippen LogP contribution in [-0.4, -0.2) is 123 Å². The van der Waals surface area contributed by atoms with E-state index in [1.807, 2.05) is 0 Å². The lowest BCUT2D eigenvalue weighted by molar-refractivity contribution is -0.196. The van der Waals surface area contributed by atoms with Crippen LogP contribution in [0.25, 0.3) is 0 Å². The van der Waals surface area contributed by atoms with Gasteiger partial charge >= 0.3 is 12.2 Å². The number of ether oxygens (including phenoxy) is 2. The Kier molecular flexibility index (Phi) is 36.4. The minimum absolute atomic E-state index is 0.0297. The number of nitrogens with zero attached hydrogens (tertiary/aromatic N) is 2. The first-order chi connectivity index (χ1) is 20.2. The van der Waals surface area contributed by atoms with E-state index in [0.717, 1.165) is 34.1 Å². The summed E-state index contributed by atoms with van der Waals surface area (Å²) in [4.78, 5) is 50.2. The fraction of sp³-hybridized carbons (Fsp3) is 0.789. The van der Waals surface area contributed by atoms with Crippen molar-refractivity contribution in [2.45, 2.75) is 0 Å². The molecular formula is C19H36N4O10S8. The van der Waals surface area contributed by atoms with E-state index in [-0.39, 0.29) is 29.7 Å². The Morgan fingerprint density at radius 2 is 1.20 bits per heavy atom. The summed E-state index contributed by atoms with van der Waals surface area (Å²) in [5.74, 6) is 3.18. The van der Waals surface area contributed by atoms with Gasteiger partial charge in [0.1, 0.15) is 23.8 Å². The van der Waals surface area contributed by atoms with Crippen LogP contribution in [0.4, 0.5) is 9.59 Å². The highest BCUT2D eigenvalue weighted by molar-refractivity contribution is 8.16. The first-order valence-electron chi connectivity index (χ1n) is 11.4. The van der Waals surface area contributed by atoms with E-state index in [1.165, 1.54) is 60.0 Å². The smallest absolute Gasteiger partial charge is 0.418 e. The molecule has 0 saturated heterocycles. The number of hydrogen-bond acceptors (Lipinski definition) is 20. The molecular weight excluding hydrogens is 701 g/mol. The van der Waals surface area contributed by atoms with Gasteiger partial charge in [0.25, 0.3) is 0 Å². The fourth-order valence-electron chi connectivity index (χ4n) is 1.65. The molecule has 0 aliphatic heterocycles. The van der Waals surface area contributed by atoms with Gasteiger partial charge in [0.2, 0.25) is 12.8 Å². The van der Waals surface area contributed by atoms with Crippen LogP contribution >= 0.6 is 94.3 Å². The molecule has 4 N–H and O–H groups in total. The molecule has 0 saturated carbocycles. The standard InChI is InChI=1S/C19H36N4O10S8/c24-9-37-11-28-18(26)22-3-6-35-15-34-4-1-20-8-31-33-14-40-16-39-12-29-19(27)23-41-17-36-5-2-21-7-30-32-13-38-10-25/h7-8,24-25H,1-6,9-17H2,(H,22,26)(H,23,27). The van der Waals surface area contributed by atoms with E-state index in [9.17, 15) is 9.59 Å². The monoisotopic (exact) mass is 736 g/mol. The molecule has 0 aromatic carbocycles. The Labute approximate surface area is 274 Å². The van der Waals surface area contributed by atoms with Gasteiger partial charge in [-0.2, -0.15) is 9.78 Å². The van der Waals surface area contributed by atoms with Gasteiger partial charge in [0, 0.05) is 34.0 Å². The Balaban J connectivity index is 3.27. The molecule has 22 heteroatoms. The number of rotatable bonds is 30. The highest BCUT2D eigenvalue weighted by Crippen LogP contribution is 2.13.